The summed E-state index contributed by atoms with van der Waals surface area (Å²) in [5.41, 5.74) is 12.2. The third-order valence-electron chi connectivity index (χ3n) is 8.09. The molecule has 3 atom stereocenters. The van der Waals surface area contributed by atoms with Crippen LogP contribution in [0.1, 0.15) is 44.1 Å². The van der Waals surface area contributed by atoms with E-state index >= 15 is 0 Å². The van der Waals surface area contributed by atoms with Gasteiger partial charge in [0, 0.05) is 54.5 Å². The van der Waals surface area contributed by atoms with Crippen molar-refractivity contribution in [2.24, 2.45) is 0 Å². The van der Waals surface area contributed by atoms with Gasteiger partial charge in [-0.2, -0.15) is 0 Å². The summed E-state index contributed by atoms with van der Waals surface area (Å²) < 4.78 is 0. The summed E-state index contributed by atoms with van der Waals surface area (Å²) in [6.45, 7) is 2.11. The number of nitrogen functional groups attached to an aromatic ring is 1. The number of benzene rings is 2. The fourth-order valence-corrected chi connectivity index (χ4v) is 6.23. The SMILES string of the molecule is Nc1ccc(N2CCC[C@H](N[C@@H]3CCCC[C@H]3Nc3cc(-c4cccc5c4CC(=O)N5)ccn3)C2)cc1. The van der Waals surface area contributed by atoms with Gasteiger partial charge < -0.3 is 26.6 Å². The Hall–Kier alpha value is -3.58. The van der Waals surface area contributed by atoms with Crippen LogP contribution in [0.15, 0.2) is 60.8 Å². The highest BCUT2D eigenvalue weighted by atomic mass is 16.1. The second-order valence-corrected chi connectivity index (χ2v) is 10.7. The summed E-state index contributed by atoms with van der Waals surface area (Å²) in [5, 5.41) is 10.8. The van der Waals surface area contributed by atoms with Gasteiger partial charge in [-0.15, -0.1) is 0 Å². The predicted molar refractivity (Wildman–Crippen MR) is 151 cm³/mol. The number of hydrogen-bond acceptors (Lipinski definition) is 6. The summed E-state index contributed by atoms with van der Waals surface area (Å²) in [7, 11) is 0. The van der Waals surface area contributed by atoms with Gasteiger partial charge in [-0.25, -0.2) is 4.98 Å². The van der Waals surface area contributed by atoms with Crippen molar-refractivity contribution in [3.63, 3.8) is 0 Å². The summed E-state index contributed by atoms with van der Waals surface area (Å²) in [6, 6.07) is 19.7. The van der Waals surface area contributed by atoms with E-state index in [2.05, 4.69) is 50.1 Å². The topological polar surface area (TPSA) is 95.3 Å². The first-order valence-corrected chi connectivity index (χ1v) is 13.6. The van der Waals surface area contributed by atoms with Crippen molar-refractivity contribution in [1.29, 1.82) is 0 Å². The van der Waals surface area contributed by atoms with Crippen LogP contribution < -0.4 is 26.6 Å². The fraction of sp³-hybridized carbons (Fsp3) is 0.400. The van der Waals surface area contributed by atoms with Crippen LogP contribution in [-0.4, -0.2) is 42.1 Å². The quantitative estimate of drug-likeness (QED) is 0.366. The smallest absolute Gasteiger partial charge is 0.228 e. The van der Waals surface area contributed by atoms with Crippen molar-refractivity contribution in [1.82, 2.24) is 10.3 Å². The standard InChI is InChI=1S/C30H36N6O/c31-21-10-12-23(13-11-21)36-16-4-5-22(19-36)33-27-7-1-2-8-28(27)34-29-17-20(14-15-32-29)24-6-3-9-26-25(24)18-30(37)35-26/h3,6,9-15,17,22,27-28,33H,1-2,4-5,7-8,16,18-19,31H2,(H,32,34)(H,35,37)/t22-,27+,28+/m0/s1. The fourth-order valence-electron chi connectivity index (χ4n) is 6.23. The van der Waals surface area contributed by atoms with Crippen molar-refractivity contribution in [3.05, 3.63) is 66.4 Å². The molecule has 2 aromatic carbocycles. The van der Waals surface area contributed by atoms with E-state index in [0.29, 0.717) is 24.5 Å². The van der Waals surface area contributed by atoms with E-state index in [-0.39, 0.29) is 5.91 Å². The first-order chi connectivity index (χ1) is 18.1. The van der Waals surface area contributed by atoms with E-state index in [1.807, 2.05) is 36.5 Å². The molecule has 0 spiro atoms. The van der Waals surface area contributed by atoms with E-state index < -0.39 is 0 Å². The van der Waals surface area contributed by atoms with Crippen LogP contribution >= 0.6 is 0 Å². The Morgan fingerprint density at radius 2 is 1.81 bits per heavy atom. The maximum atomic E-state index is 12.0. The number of fused-ring (bicyclic) bond motifs is 1. The van der Waals surface area contributed by atoms with Crippen LogP contribution in [0.4, 0.5) is 22.9 Å². The Kier molecular flexibility index (Phi) is 6.70. The molecule has 0 bridgehead atoms. The van der Waals surface area contributed by atoms with E-state index in [9.17, 15) is 4.79 Å². The Labute approximate surface area is 218 Å². The molecule has 1 saturated carbocycles. The number of hydrogen-bond donors (Lipinski definition) is 4. The number of carbonyl (C=O) groups excluding carboxylic acids is 1. The van der Waals surface area contributed by atoms with Gasteiger partial charge in [-0.3, -0.25) is 4.79 Å². The first kappa shape index (κ1) is 23.8. The molecule has 1 saturated heterocycles. The largest absolute Gasteiger partial charge is 0.399 e. The highest BCUT2D eigenvalue weighted by Crippen LogP contribution is 2.34. The van der Waals surface area contributed by atoms with Crippen molar-refractivity contribution < 1.29 is 4.79 Å². The number of nitrogens with two attached hydrogens (primary N) is 1. The van der Waals surface area contributed by atoms with Crippen molar-refractivity contribution in [3.8, 4) is 11.1 Å². The summed E-state index contributed by atoms with van der Waals surface area (Å²) in [4.78, 5) is 19.1. The van der Waals surface area contributed by atoms with Gasteiger partial charge in [0.05, 0.1) is 6.42 Å². The van der Waals surface area contributed by atoms with Crippen molar-refractivity contribution in [2.45, 2.75) is 63.1 Å². The van der Waals surface area contributed by atoms with Gasteiger partial charge in [0.25, 0.3) is 0 Å². The van der Waals surface area contributed by atoms with Crippen LogP contribution in [0, 0.1) is 0 Å². The summed E-state index contributed by atoms with van der Waals surface area (Å²) in [5.74, 6) is 0.960. The molecule has 5 N–H and O–H groups in total. The maximum absolute atomic E-state index is 12.0. The highest BCUT2D eigenvalue weighted by Gasteiger charge is 2.30. The highest BCUT2D eigenvalue weighted by molar-refractivity contribution is 6.01. The second-order valence-electron chi connectivity index (χ2n) is 10.7. The molecule has 3 aromatic rings. The first-order valence-electron chi connectivity index (χ1n) is 13.6. The lowest BCUT2D eigenvalue weighted by Crippen LogP contribution is -2.54. The molecule has 192 valence electrons. The lowest BCUT2D eigenvalue weighted by atomic mass is 9.89. The Morgan fingerprint density at radius 1 is 0.973 bits per heavy atom. The third-order valence-corrected chi connectivity index (χ3v) is 8.09. The average Bonchev–Trinajstić information content (AvgIpc) is 3.31. The minimum atomic E-state index is 0.0589. The molecule has 0 radical (unpaired) electrons. The van der Waals surface area contributed by atoms with E-state index in [0.717, 1.165) is 53.4 Å². The number of pyridine rings is 1. The lowest BCUT2D eigenvalue weighted by Gasteiger charge is -2.40. The van der Waals surface area contributed by atoms with Crippen molar-refractivity contribution in [2.75, 3.05) is 34.4 Å². The molecule has 37 heavy (non-hydrogen) atoms. The number of aromatic nitrogens is 1. The minimum absolute atomic E-state index is 0.0589. The molecule has 1 aromatic heterocycles. The number of amides is 1. The number of rotatable bonds is 6. The summed E-state index contributed by atoms with van der Waals surface area (Å²) in [6.07, 6.45) is 9.50. The van der Waals surface area contributed by atoms with Gasteiger partial charge in [0.1, 0.15) is 5.82 Å². The molecule has 7 nitrogen and oxygen atoms in total. The molecular formula is C30H36N6O. The molecule has 1 amide bonds. The van der Waals surface area contributed by atoms with Gasteiger partial charge in [0.15, 0.2) is 0 Å². The van der Waals surface area contributed by atoms with Gasteiger partial charge in [0.2, 0.25) is 5.91 Å². The Bertz CT molecular complexity index is 1260. The summed E-state index contributed by atoms with van der Waals surface area (Å²) >= 11 is 0. The normalized spacial score (nSPS) is 23.4. The monoisotopic (exact) mass is 496 g/mol. The van der Waals surface area contributed by atoms with Gasteiger partial charge >= 0.3 is 0 Å². The minimum Gasteiger partial charge on any atom is -0.399 e. The van der Waals surface area contributed by atoms with Gasteiger partial charge in [-0.1, -0.05) is 25.0 Å². The van der Waals surface area contributed by atoms with E-state index in [4.69, 9.17) is 5.73 Å². The molecule has 3 heterocycles. The van der Waals surface area contributed by atoms with Crippen LogP contribution in [0.3, 0.4) is 0 Å². The number of nitrogens with one attached hydrogen (secondary N) is 3. The van der Waals surface area contributed by atoms with E-state index in [1.165, 1.54) is 37.8 Å². The molecule has 1 aliphatic carbocycles. The predicted octanol–water partition coefficient (Wildman–Crippen LogP) is 4.81. The third kappa shape index (κ3) is 5.27. The van der Waals surface area contributed by atoms with Crippen LogP contribution in [0.5, 0.6) is 0 Å². The van der Waals surface area contributed by atoms with Crippen molar-refractivity contribution >= 4 is 28.8 Å². The van der Waals surface area contributed by atoms with Gasteiger partial charge in [-0.05, 0) is 84.8 Å². The van der Waals surface area contributed by atoms with E-state index in [1.54, 1.807) is 0 Å². The molecule has 2 aliphatic heterocycles. The second kappa shape index (κ2) is 10.4. The molecular weight excluding hydrogens is 460 g/mol. The zero-order valence-electron chi connectivity index (χ0n) is 21.2. The molecule has 7 heteroatoms. The average molecular weight is 497 g/mol. The number of piperidine rings is 1. The Balaban J connectivity index is 1.14. The zero-order valence-corrected chi connectivity index (χ0v) is 21.2. The molecule has 0 unspecified atom stereocenters. The van der Waals surface area contributed by atoms with Crippen LogP contribution in [-0.2, 0) is 11.2 Å². The van der Waals surface area contributed by atoms with Crippen LogP contribution in [0.2, 0.25) is 0 Å². The molecule has 2 fully saturated rings. The lowest BCUT2D eigenvalue weighted by molar-refractivity contribution is -0.115. The number of nitrogens with zero attached hydrogens (tertiary/aromatic N) is 2. The van der Waals surface area contributed by atoms with Crippen LogP contribution in [0.25, 0.3) is 11.1 Å². The Morgan fingerprint density at radius 3 is 2.68 bits per heavy atom. The molecule has 6 rings (SSSR count). The number of carbonyl (C=O) groups is 1. The zero-order chi connectivity index (χ0) is 25.2. The number of anilines is 4. The maximum Gasteiger partial charge on any atom is 0.228 e. The molecule has 3 aliphatic rings.